The summed E-state index contributed by atoms with van der Waals surface area (Å²) in [5, 5.41) is 3.70. The van der Waals surface area contributed by atoms with Crippen LogP contribution in [0.1, 0.15) is 23.2 Å². The van der Waals surface area contributed by atoms with Gasteiger partial charge in [0.25, 0.3) is 5.91 Å². The molecule has 0 aliphatic rings. The molecule has 1 rings (SSSR count). The normalized spacial score (nSPS) is 12.5. The predicted octanol–water partition coefficient (Wildman–Crippen LogP) is 1.68. The van der Waals surface area contributed by atoms with Crippen molar-refractivity contribution in [2.45, 2.75) is 18.4 Å². The van der Waals surface area contributed by atoms with E-state index >= 15 is 0 Å². The molecule has 5 nitrogen and oxygen atoms in total. The number of halogens is 1. The van der Waals surface area contributed by atoms with Crippen molar-refractivity contribution >= 4 is 21.8 Å². The minimum atomic E-state index is -0.155. The number of hydrogen-bond donors (Lipinski definition) is 0. The maximum absolute atomic E-state index is 11.8. The van der Waals surface area contributed by atoms with Crippen molar-refractivity contribution < 1.29 is 14.1 Å². The summed E-state index contributed by atoms with van der Waals surface area (Å²) in [6.07, 6.45) is 0. The van der Waals surface area contributed by atoms with Crippen LogP contribution in [0.25, 0.3) is 0 Å². The molecule has 90 valence electrons. The van der Waals surface area contributed by atoms with Crippen molar-refractivity contribution in [1.29, 1.82) is 0 Å². The van der Waals surface area contributed by atoms with Gasteiger partial charge in [-0.15, -0.1) is 0 Å². The zero-order chi connectivity index (χ0) is 12.1. The third-order valence-electron chi connectivity index (χ3n) is 1.94. The first kappa shape index (κ1) is 13.2. The van der Waals surface area contributed by atoms with Crippen molar-refractivity contribution in [1.82, 2.24) is 10.1 Å². The molecule has 1 amide bonds. The van der Waals surface area contributed by atoms with Crippen molar-refractivity contribution in [3.63, 3.8) is 0 Å². The van der Waals surface area contributed by atoms with Crippen molar-refractivity contribution in [2.75, 3.05) is 20.7 Å². The number of nitrogens with zero attached hydrogens (tertiary/aromatic N) is 2. The van der Waals surface area contributed by atoms with Crippen LogP contribution in [0.4, 0.5) is 0 Å². The Morgan fingerprint density at radius 1 is 1.75 bits per heavy atom. The number of aromatic nitrogens is 1. The number of ether oxygens (including phenoxy) is 1. The second-order valence-corrected chi connectivity index (χ2v) is 5.14. The molecule has 1 unspecified atom stereocenters. The fraction of sp³-hybridized carbons (Fsp3) is 0.600. The summed E-state index contributed by atoms with van der Waals surface area (Å²) in [6.45, 7) is 2.91. The Hall–Kier alpha value is -0.880. The van der Waals surface area contributed by atoms with Crippen LogP contribution in [-0.2, 0) is 11.3 Å². The Morgan fingerprint density at radius 3 is 3.00 bits per heavy atom. The van der Waals surface area contributed by atoms with Crippen LogP contribution < -0.4 is 0 Å². The minimum absolute atomic E-state index is 0.155. The van der Waals surface area contributed by atoms with Gasteiger partial charge in [0, 0.05) is 31.6 Å². The molecule has 0 fully saturated rings. The highest BCUT2D eigenvalue weighted by Crippen LogP contribution is 2.08. The zero-order valence-corrected chi connectivity index (χ0v) is 11.2. The molecule has 0 spiro atoms. The summed E-state index contributed by atoms with van der Waals surface area (Å²) < 4.78 is 9.83. The maximum atomic E-state index is 11.8. The molecule has 0 aliphatic carbocycles. The van der Waals surface area contributed by atoms with Crippen LogP contribution in [0.3, 0.4) is 0 Å². The van der Waals surface area contributed by atoms with E-state index in [-0.39, 0.29) is 10.7 Å². The van der Waals surface area contributed by atoms with Crippen LogP contribution in [0, 0.1) is 0 Å². The van der Waals surface area contributed by atoms with Gasteiger partial charge in [-0.3, -0.25) is 4.79 Å². The second kappa shape index (κ2) is 6.00. The molecule has 1 aromatic heterocycles. The summed E-state index contributed by atoms with van der Waals surface area (Å²) in [5.74, 6) is 0.392. The number of carbonyl (C=O) groups excluding carboxylic acids is 1. The van der Waals surface area contributed by atoms with E-state index in [1.807, 2.05) is 6.92 Å². The SMILES string of the molecule is COCc1cc(C(=O)N(C)CC(C)Br)no1. The summed E-state index contributed by atoms with van der Waals surface area (Å²) in [6, 6.07) is 1.60. The summed E-state index contributed by atoms with van der Waals surface area (Å²) in [7, 11) is 3.29. The van der Waals surface area contributed by atoms with Gasteiger partial charge in [-0.2, -0.15) is 0 Å². The lowest BCUT2D eigenvalue weighted by molar-refractivity contribution is 0.0786. The Kier molecular flexibility index (Phi) is 4.95. The summed E-state index contributed by atoms with van der Waals surface area (Å²) in [5.41, 5.74) is 0.308. The first-order chi connectivity index (χ1) is 7.54. The third kappa shape index (κ3) is 3.61. The standard InChI is InChI=1S/C10H15BrN2O3/c1-7(11)5-13(2)10(14)9-4-8(6-15-3)16-12-9/h4,7H,5-6H2,1-3H3. The van der Waals surface area contributed by atoms with Crippen molar-refractivity contribution in [2.24, 2.45) is 0 Å². The average molecular weight is 291 g/mol. The summed E-state index contributed by atoms with van der Waals surface area (Å²) >= 11 is 3.39. The molecule has 6 heteroatoms. The van der Waals surface area contributed by atoms with E-state index < -0.39 is 0 Å². The third-order valence-corrected chi connectivity index (χ3v) is 2.23. The van der Waals surface area contributed by atoms with Gasteiger partial charge in [0.05, 0.1) is 0 Å². The van der Waals surface area contributed by atoms with E-state index in [4.69, 9.17) is 9.26 Å². The number of methoxy groups -OCH3 is 1. The van der Waals surface area contributed by atoms with Gasteiger partial charge in [-0.05, 0) is 0 Å². The molecule has 0 bridgehead atoms. The van der Waals surface area contributed by atoms with Crippen molar-refractivity contribution in [3.8, 4) is 0 Å². The van der Waals surface area contributed by atoms with Gasteiger partial charge in [0.15, 0.2) is 11.5 Å². The number of amides is 1. The molecule has 0 saturated heterocycles. The molecule has 0 saturated carbocycles. The molecule has 0 aliphatic heterocycles. The Bertz CT molecular complexity index is 352. The quantitative estimate of drug-likeness (QED) is 0.774. The largest absolute Gasteiger partial charge is 0.377 e. The highest BCUT2D eigenvalue weighted by Gasteiger charge is 2.17. The molecule has 0 radical (unpaired) electrons. The van der Waals surface area contributed by atoms with E-state index in [0.717, 1.165) is 0 Å². The van der Waals surface area contributed by atoms with E-state index in [9.17, 15) is 4.79 Å². The molecule has 1 atom stereocenters. The van der Waals surface area contributed by atoms with Gasteiger partial charge >= 0.3 is 0 Å². The van der Waals surface area contributed by atoms with E-state index in [2.05, 4.69) is 21.1 Å². The topological polar surface area (TPSA) is 55.6 Å². The Labute approximate surface area is 103 Å². The fourth-order valence-electron chi connectivity index (χ4n) is 1.28. The first-order valence-electron chi connectivity index (χ1n) is 4.88. The molecule has 0 N–H and O–H groups in total. The minimum Gasteiger partial charge on any atom is -0.377 e. The monoisotopic (exact) mass is 290 g/mol. The van der Waals surface area contributed by atoms with Gasteiger partial charge in [0.1, 0.15) is 6.61 Å². The van der Waals surface area contributed by atoms with Crippen LogP contribution in [0.15, 0.2) is 10.6 Å². The molecule has 1 aromatic rings. The average Bonchev–Trinajstić information content (AvgIpc) is 2.64. The lowest BCUT2D eigenvalue weighted by atomic mass is 10.3. The summed E-state index contributed by atoms with van der Waals surface area (Å²) in [4.78, 5) is 13.7. The maximum Gasteiger partial charge on any atom is 0.275 e. The van der Waals surface area contributed by atoms with E-state index in [1.165, 1.54) is 0 Å². The highest BCUT2D eigenvalue weighted by atomic mass is 79.9. The van der Waals surface area contributed by atoms with Gasteiger partial charge in [-0.1, -0.05) is 28.0 Å². The van der Waals surface area contributed by atoms with Crippen LogP contribution in [-0.4, -0.2) is 41.5 Å². The van der Waals surface area contributed by atoms with Gasteiger partial charge in [-0.25, -0.2) is 0 Å². The lowest BCUT2D eigenvalue weighted by Crippen LogP contribution is -2.31. The number of carbonyl (C=O) groups is 1. The molecule has 1 heterocycles. The first-order valence-corrected chi connectivity index (χ1v) is 5.80. The van der Waals surface area contributed by atoms with Crippen LogP contribution in [0.5, 0.6) is 0 Å². The molecular weight excluding hydrogens is 276 g/mol. The zero-order valence-electron chi connectivity index (χ0n) is 9.57. The molecule has 16 heavy (non-hydrogen) atoms. The molecule has 0 aromatic carbocycles. The Morgan fingerprint density at radius 2 is 2.44 bits per heavy atom. The van der Waals surface area contributed by atoms with E-state index in [0.29, 0.717) is 24.6 Å². The van der Waals surface area contributed by atoms with Gasteiger partial charge in [0.2, 0.25) is 0 Å². The second-order valence-electron chi connectivity index (χ2n) is 3.58. The van der Waals surface area contributed by atoms with Gasteiger partial charge < -0.3 is 14.2 Å². The molecular formula is C10H15BrN2O3. The predicted molar refractivity (Wildman–Crippen MR) is 62.6 cm³/mol. The fourth-order valence-corrected chi connectivity index (χ4v) is 1.71. The van der Waals surface area contributed by atoms with Crippen LogP contribution in [0.2, 0.25) is 0 Å². The van der Waals surface area contributed by atoms with E-state index in [1.54, 1.807) is 25.1 Å². The Balaban J connectivity index is 2.64. The smallest absolute Gasteiger partial charge is 0.275 e. The lowest BCUT2D eigenvalue weighted by Gasteiger charge is -2.16. The van der Waals surface area contributed by atoms with Crippen LogP contribution >= 0.6 is 15.9 Å². The number of hydrogen-bond acceptors (Lipinski definition) is 4. The van der Waals surface area contributed by atoms with Crippen molar-refractivity contribution in [3.05, 3.63) is 17.5 Å². The number of alkyl halides is 1. The number of rotatable bonds is 5. The highest BCUT2D eigenvalue weighted by molar-refractivity contribution is 9.09.